The molecule has 1 aliphatic carbocycles. The summed E-state index contributed by atoms with van der Waals surface area (Å²) >= 11 is 1.80. The smallest absolute Gasteiger partial charge is 0.0521 e. The predicted molar refractivity (Wildman–Crippen MR) is 84.1 cm³/mol. The molecule has 2 aliphatic rings. The van der Waals surface area contributed by atoms with E-state index in [0.29, 0.717) is 12.0 Å². The van der Waals surface area contributed by atoms with E-state index in [0.717, 1.165) is 38.8 Å². The van der Waals surface area contributed by atoms with Crippen LogP contribution >= 0.6 is 11.3 Å². The van der Waals surface area contributed by atoms with Crippen molar-refractivity contribution >= 4 is 11.3 Å². The number of hydrogen-bond donors (Lipinski definition) is 1. The SMILES string of the molecule is CCNC1CCOCC1CN(Cc1ccsc1)C1CC1. The van der Waals surface area contributed by atoms with Gasteiger partial charge in [-0.2, -0.15) is 11.3 Å². The summed E-state index contributed by atoms with van der Waals surface area (Å²) in [7, 11) is 0. The molecule has 2 atom stereocenters. The lowest BCUT2D eigenvalue weighted by Crippen LogP contribution is -2.48. The molecule has 0 amide bonds. The maximum absolute atomic E-state index is 5.73. The summed E-state index contributed by atoms with van der Waals surface area (Å²) in [5, 5.41) is 8.13. The Hall–Kier alpha value is -0.420. The van der Waals surface area contributed by atoms with Crippen molar-refractivity contribution in [3.05, 3.63) is 22.4 Å². The van der Waals surface area contributed by atoms with Crippen LogP contribution in [0.4, 0.5) is 0 Å². The first-order chi connectivity index (χ1) is 9.86. The highest BCUT2D eigenvalue weighted by molar-refractivity contribution is 7.07. The van der Waals surface area contributed by atoms with Crippen LogP contribution in [0.3, 0.4) is 0 Å². The number of thiophene rings is 1. The lowest BCUT2D eigenvalue weighted by atomic mass is 9.94. The van der Waals surface area contributed by atoms with Gasteiger partial charge in [0.1, 0.15) is 0 Å². The number of hydrogen-bond acceptors (Lipinski definition) is 4. The second-order valence-electron chi connectivity index (χ2n) is 6.08. The molecule has 112 valence electrons. The first-order valence-corrected chi connectivity index (χ1v) is 8.87. The molecule has 20 heavy (non-hydrogen) atoms. The molecule has 1 saturated carbocycles. The zero-order chi connectivity index (χ0) is 13.8. The summed E-state index contributed by atoms with van der Waals surface area (Å²) in [6.45, 7) is 7.40. The molecule has 2 fully saturated rings. The quantitative estimate of drug-likeness (QED) is 0.837. The highest BCUT2D eigenvalue weighted by Crippen LogP contribution is 2.30. The third kappa shape index (κ3) is 3.82. The van der Waals surface area contributed by atoms with E-state index < -0.39 is 0 Å². The van der Waals surface area contributed by atoms with Crippen LogP contribution in [0.25, 0.3) is 0 Å². The Kier molecular flexibility index (Phi) is 5.10. The van der Waals surface area contributed by atoms with Gasteiger partial charge in [-0.3, -0.25) is 4.90 Å². The Balaban J connectivity index is 1.59. The van der Waals surface area contributed by atoms with Gasteiger partial charge in [-0.1, -0.05) is 6.92 Å². The highest BCUT2D eigenvalue weighted by Gasteiger charge is 2.33. The second kappa shape index (κ2) is 7.03. The molecular weight excluding hydrogens is 268 g/mol. The highest BCUT2D eigenvalue weighted by atomic mass is 32.1. The maximum Gasteiger partial charge on any atom is 0.0521 e. The molecule has 4 heteroatoms. The molecule has 1 aliphatic heterocycles. The Labute approximate surface area is 126 Å². The van der Waals surface area contributed by atoms with Gasteiger partial charge in [-0.05, 0) is 48.2 Å². The van der Waals surface area contributed by atoms with Crippen molar-refractivity contribution in [1.82, 2.24) is 10.2 Å². The second-order valence-corrected chi connectivity index (χ2v) is 6.86. The molecule has 1 N–H and O–H groups in total. The van der Waals surface area contributed by atoms with Gasteiger partial charge in [0.2, 0.25) is 0 Å². The van der Waals surface area contributed by atoms with Gasteiger partial charge in [0.05, 0.1) is 6.61 Å². The van der Waals surface area contributed by atoms with Crippen LogP contribution in [-0.2, 0) is 11.3 Å². The fourth-order valence-corrected chi connectivity index (χ4v) is 3.87. The van der Waals surface area contributed by atoms with Crippen LogP contribution in [0.2, 0.25) is 0 Å². The van der Waals surface area contributed by atoms with E-state index in [1.807, 2.05) is 0 Å². The van der Waals surface area contributed by atoms with Crippen LogP contribution in [0, 0.1) is 5.92 Å². The molecule has 0 spiro atoms. The van der Waals surface area contributed by atoms with E-state index >= 15 is 0 Å². The minimum atomic E-state index is 0.637. The van der Waals surface area contributed by atoms with Crippen molar-refractivity contribution in [2.75, 3.05) is 26.3 Å². The van der Waals surface area contributed by atoms with E-state index in [4.69, 9.17) is 4.74 Å². The van der Waals surface area contributed by atoms with Crippen molar-refractivity contribution in [2.24, 2.45) is 5.92 Å². The minimum absolute atomic E-state index is 0.637. The summed E-state index contributed by atoms with van der Waals surface area (Å²) in [5.74, 6) is 0.642. The number of ether oxygens (including phenoxy) is 1. The van der Waals surface area contributed by atoms with Crippen molar-refractivity contribution < 1.29 is 4.74 Å². The summed E-state index contributed by atoms with van der Waals surface area (Å²) in [4.78, 5) is 2.69. The summed E-state index contributed by atoms with van der Waals surface area (Å²) in [5.41, 5.74) is 1.47. The largest absolute Gasteiger partial charge is 0.381 e. The van der Waals surface area contributed by atoms with E-state index in [-0.39, 0.29) is 0 Å². The number of nitrogens with one attached hydrogen (secondary N) is 1. The Morgan fingerprint density at radius 2 is 2.30 bits per heavy atom. The Morgan fingerprint density at radius 1 is 1.40 bits per heavy atom. The molecular formula is C16H26N2OS. The maximum atomic E-state index is 5.73. The lowest BCUT2D eigenvalue weighted by Gasteiger charge is -2.36. The predicted octanol–water partition coefficient (Wildman–Crippen LogP) is 2.73. The van der Waals surface area contributed by atoms with Crippen molar-refractivity contribution in [3.8, 4) is 0 Å². The van der Waals surface area contributed by atoms with Gasteiger partial charge in [0, 0.05) is 37.7 Å². The lowest BCUT2D eigenvalue weighted by molar-refractivity contribution is 0.0145. The number of nitrogens with zero attached hydrogens (tertiary/aromatic N) is 1. The topological polar surface area (TPSA) is 24.5 Å². The standard InChI is InChI=1S/C16H26N2OS/c1-2-17-16-5-7-19-11-14(16)10-18(15-3-4-15)9-13-6-8-20-12-13/h6,8,12,14-17H,2-5,7,9-11H2,1H3. The van der Waals surface area contributed by atoms with Crippen molar-refractivity contribution in [2.45, 2.75) is 44.8 Å². The minimum Gasteiger partial charge on any atom is -0.381 e. The van der Waals surface area contributed by atoms with Gasteiger partial charge in [0.15, 0.2) is 0 Å². The van der Waals surface area contributed by atoms with Crippen LogP contribution in [-0.4, -0.2) is 43.3 Å². The molecule has 0 radical (unpaired) electrons. The average molecular weight is 294 g/mol. The van der Waals surface area contributed by atoms with Crippen LogP contribution < -0.4 is 5.32 Å². The normalized spacial score (nSPS) is 27.1. The van der Waals surface area contributed by atoms with Crippen LogP contribution in [0.1, 0.15) is 31.7 Å². The molecule has 0 aromatic carbocycles. The molecule has 1 aromatic rings. The summed E-state index contributed by atoms with van der Waals surface area (Å²) in [6.07, 6.45) is 3.92. The third-order valence-corrected chi connectivity index (χ3v) is 5.17. The zero-order valence-corrected chi connectivity index (χ0v) is 13.2. The van der Waals surface area contributed by atoms with Crippen molar-refractivity contribution in [3.63, 3.8) is 0 Å². The van der Waals surface area contributed by atoms with E-state index in [9.17, 15) is 0 Å². The molecule has 3 nitrogen and oxygen atoms in total. The van der Waals surface area contributed by atoms with Gasteiger partial charge in [-0.25, -0.2) is 0 Å². The van der Waals surface area contributed by atoms with E-state index in [2.05, 4.69) is 34.0 Å². The van der Waals surface area contributed by atoms with Gasteiger partial charge in [-0.15, -0.1) is 0 Å². The number of rotatable bonds is 7. The third-order valence-electron chi connectivity index (χ3n) is 4.44. The molecule has 3 rings (SSSR count). The first-order valence-electron chi connectivity index (χ1n) is 7.93. The first kappa shape index (κ1) is 14.5. The van der Waals surface area contributed by atoms with Gasteiger partial charge in [0.25, 0.3) is 0 Å². The Bertz CT molecular complexity index is 389. The van der Waals surface area contributed by atoms with Gasteiger partial charge < -0.3 is 10.1 Å². The van der Waals surface area contributed by atoms with Crippen LogP contribution in [0.5, 0.6) is 0 Å². The molecule has 1 saturated heterocycles. The fraction of sp³-hybridized carbons (Fsp3) is 0.750. The summed E-state index contributed by atoms with van der Waals surface area (Å²) < 4.78 is 5.73. The fourth-order valence-electron chi connectivity index (χ4n) is 3.21. The van der Waals surface area contributed by atoms with E-state index in [1.165, 1.54) is 24.9 Å². The van der Waals surface area contributed by atoms with Crippen molar-refractivity contribution in [1.29, 1.82) is 0 Å². The average Bonchev–Trinajstić information content (AvgIpc) is 3.19. The molecule has 1 aromatic heterocycles. The molecule has 2 unspecified atom stereocenters. The van der Waals surface area contributed by atoms with Crippen LogP contribution in [0.15, 0.2) is 16.8 Å². The molecule has 0 bridgehead atoms. The molecule has 2 heterocycles. The Morgan fingerprint density at radius 3 is 3.00 bits per heavy atom. The monoisotopic (exact) mass is 294 g/mol. The van der Waals surface area contributed by atoms with E-state index in [1.54, 1.807) is 11.3 Å². The zero-order valence-electron chi connectivity index (χ0n) is 12.4. The van der Waals surface area contributed by atoms with Gasteiger partial charge >= 0.3 is 0 Å². The summed E-state index contributed by atoms with van der Waals surface area (Å²) in [6, 6.07) is 3.72.